The summed E-state index contributed by atoms with van der Waals surface area (Å²) >= 11 is 1.20. The third kappa shape index (κ3) is 4.11. The molecular weight excluding hydrogens is 427 g/mol. The Bertz CT molecular complexity index is 1400. The van der Waals surface area contributed by atoms with E-state index in [1.54, 1.807) is 44.2 Å². The van der Waals surface area contributed by atoms with E-state index < -0.39 is 17.8 Å². The van der Waals surface area contributed by atoms with E-state index >= 15 is 0 Å². The third-order valence-electron chi connectivity index (χ3n) is 5.05. The van der Waals surface area contributed by atoms with Crippen molar-refractivity contribution in [2.24, 2.45) is 4.99 Å². The number of hydrogen-bond acceptors (Lipinski definition) is 5. The highest BCUT2D eigenvalue weighted by Crippen LogP contribution is 2.31. The highest BCUT2D eigenvalue weighted by Gasteiger charge is 2.34. The first-order valence-electron chi connectivity index (χ1n) is 10.2. The van der Waals surface area contributed by atoms with Gasteiger partial charge in [0.2, 0.25) is 0 Å². The lowest BCUT2D eigenvalue weighted by Crippen LogP contribution is -2.40. The van der Waals surface area contributed by atoms with E-state index in [1.165, 1.54) is 22.0 Å². The molecule has 1 aliphatic rings. The molecule has 4 rings (SSSR count). The molecule has 2 heterocycles. The fraction of sp³-hybridized carbons (Fsp3) is 0.160. The molecule has 1 atom stereocenters. The Morgan fingerprint density at radius 2 is 1.91 bits per heavy atom. The maximum Gasteiger partial charge on any atom is 0.338 e. The van der Waals surface area contributed by atoms with Gasteiger partial charge in [-0.05, 0) is 31.6 Å². The first-order chi connectivity index (χ1) is 15.5. The summed E-state index contributed by atoms with van der Waals surface area (Å²) in [6.45, 7) is 3.53. The van der Waals surface area contributed by atoms with E-state index in [0.717, 1.165) is 5.56 Å². The van der Waals surface area contributed by atoms with Crippen molar-refractivity contribution in [3.8, 4) is 0 Å². The summed E-state index contributed by atoms with van der Waals surface area (Å²) in [6, 6.07) is 14.9. The summed E-state index contributed by atoms with van der Waals surface area (Å²) in [6.07, 6.45) is 5.39. The van der Waals surface area contributed by atoms with Crippen LogP contribution in [0.2, 0.25) is 0 Å². The van der Waals surface area contributed by atoms with Gasteiger partial charge in [-0.2, -0.15) is 0 Å². The van der Waals surface area contributed by atoms with Crippen LogP contribution >= 0.6 is 11.3 Å². The lowest BCUT2D eigenvalue weighted by atomic mass is 9.95. The number of carbonyl (C=O) groups is 1. The Kier molecular flexibility index (Phi) is 6.28. The van der Waals surface area contributed by atoms with Gasteiger partial charge in [0.15, 0.2) is 4.80 Å². The average Bonchev–Trinajstić information content (AvgIpc) is 3.09. The number of nitrogens with zero attached hydrogens (tertiary/aromatic N) is 2. The molecule has 7 heteroatoms. The minimum absolute atomic E-state index is 0.161. The first-order valence-corrected chi connectivity index (χ1v) is 11.0. The summed E-state index contributed by atoms with van der Waals surface area (Å²) in [5.41, 5.74) is 1.45. The molecule has 0 saturated heterocycles. The van der Waals surface area contributed by atoms with Gasteiger partial charge in [-0.15, -0.1) is 0 Å². The number of benzene rings is 2. The van der Waals surface area contributed by atoms with E-state index in [4.69, 9.17) is 4.74 Å². The predicted molar refractivity (Wildman–Crippen MR) is 123 cm³/mol. The van der Waals surface area contributed by atoms with Gasteiger partial charge in [0.1, 0.15) is 11.9 Å². The van der Waals surface area contributed by atoms with Crippen LogP contribution in [0.25, 0.3) is 12.2 Å². The van der Waals surface area contributed by atoms with Gasteiger partial charge in [0.05, 0.1) is 22.4 Å². The van der Waals surface area contributed by atoms with Gasteiger partial charge >= 0.3 is 5.97 Å². The van der Waals surface area contributed by atoms with Gasteiger partial charge < -0.3 is 4.74 Å². The summed E-state index contributed by atoms with van der Waals surface area (Å²) in [7, 11) is 0. The smallest absolute Gasteiger partial charge is 0.338 e. The maximum atomic E-state index is 14.8. The number of rotatable bonds is 5. The fourth-order valence-corrected chi connectivity index (χ4v) is 4.61. The zero-order chi connectivity index (χ0) is 22.7. The average molecular weight is 449 g/mol. The van der Waals surface area contributed by atoms with Gasteiger partial charge in [0, 0.05) is 5.56 Å². The Balaban J connectivity index is 1.88. The monoisotopic (exact) mass is 448 g/mol. The van der Waals surface area contributed by atoms with Crippen LogP contribution in [0.15, 0.2) is 81.7 Å². The minimum atomic E-state index is -0.952. The molecule has 162 valence electrons. The van der Waals surface area contributed by atoms with Crippen molar-refractivity contribution in [1.29, 1.82) is 0 Å². The van der Waals surface area contributed by atoms with Crippen LogP contribution in [-0.2, 0) is 9.53 Å². The molecule has 0 saturated carbocycles. The van der Waals surface area contributed by atoms with Crippen LogP contribution in [0.3, 0.4) is 0 Å². The number of carbonyl (C=O) groups excluding carboxylic acids is 1. The van der Waals surface area contributed by atoms with Crippen molar-refractivity contribution in [1.82, 2.24) is 4.57 Å². The molecule has 3 aromatic rings. The topological polar surface area (TPSA) is 60.7 Å². The Morgan fingerprint density at radius 3 is 2.62 bits per heavy atom. The van der Waals surface area contributed by atoms with Crippen molar-refractivity contribution in [3.63, 3.8) is 0 Å². The van der Waals surface area contributed by atoms with Crippen molar-refractivity contribution < 1.29 is 13.9 Å². The second-order valence-corrected chi connectivity index (χ2v) is 8.13. The molecule has 0 spiro atoms. The molecule has 2 aromatic carbocycles. The molecule has 0 N–H and O–H groups in total. The van der Waals surface area contributed by atoms with Crippen molar-refractivity contribution >= 4 is 29.5 Å². The summed E-state index contributed by atoms with van der Waals surface area (Å²) in [4.78, 5) is 31.0. The highest BCUT2D eigenvalue weighted by atomic mass is 32.1. The Labute approximate surface area is 188 Å². The van der Waals surface area contributed by atoms with Gasteiger partial charge in [-0.1, -0.05) is 72.0 Å². The molecule has 0 bridgehead atoms. The highest BCUT2D eigenvalue weighted by molar-refractivity contribution is 7.07. The molecule has 1 aliphatic heterocycles. The first kappa shape index (κ1) is 21.6. The van der Waals surface area contributed by atoms with Crippen molar-refractivity contribution in [2.45, 2.75) is 19.9 Å². The minimum Gasteiger partial charge on any atom is -0.463 e. The van der Waals surface area contributed by atoms with E-state index in [2.05, 4.69) is 4.99 Å². The molecule has 0 aliphatic carbocycles. The van der Waals surface area contributed by atoms with Crippen LogP contribution in [0.5, 0.6) is 0 Å². The van der Waals surface area contributed by atoms with Crippen LogP contribution in [-0.4, -0.2) is 17.1 Å². The number of hydrogen-bond donors (Lipinski definition) is 0. The molecular formula is C25H21FN2O3S. The second-order valence-electron chi connectivity index (χ2n) is 7.12. The van der Waals surface area contributed by atoms with Gasteiger partial charge in [0.25, 0.3) is 5.56 Å². The molecule has 0 radical (unpaired) electrons. The SMILES string of the molecule is CCOC(=O)C1=C(C)N=c2s/c(=C/C=C/c3ccccc3)c(=O)n2C1c1ccccc1F. The third-order valence-corrected chi connectivity index (χ3v) is 6.05. The van der Waals surface area contributed by atoms with Crippen LogP contribution in [0, 0.1) is 5.82 Å². The van der Waals surface area contributed by atoms with E-state index in [1.807, 2.05) is 36.4 Å². The van der Waals surface area contributed by atoms with Crippen molar-refractivity contribution in [2.75, 3.05) is 6.61 Å². The van der Waals surface area contributed by atoms with E-state index in [0.29, 0.717) is 15.0 Å². The predicted octanol–water partition coefficient (Wildman–Crippen LogP) is 3.60. The number of allylic oxidation sites excluding steroid dienone is 2. The Morgan fingerprint density at radius 1 is 1.19 bits per heavy atom. The van der Waals surface area contributed by atoms with Gasteiger partial charge in [-0.3, -0.25) is 9.36 Å². The molecule has 0 fully saturated rings. The number of halogens is 1. The lowest BCUT2D eigenvalue weighted by molar-refractivity contribution is -0.139. The zero-order valence-corrected chi connectivity index (χ0v) is 18.4. The maximum absolute atomic E-state index is 14.8. The van der Waals surface area contributed by atoms with Crippen LogP contribution < -0.4 is 14.9 Å². The fourth-order valence-electron chi connectivity index (χ4n) is 3.61. The summed E-state index contributed by atoms with van der Waals surface area (Å²) in [5, 5.41) is 0. The molecule has 5 nitrogen and oxygen atoms in total. The molecule has 0 amide bonds. The molecule has 32 heavy (non-hydrogen) atoms. The number of fused-ring (bicyclic) bond motifs is 1. The molecule has 1 aromatic heterocycles. The van der Waals surface area contributed by atoms with E-state index in [9.17, 15) is 14.0 Å². The van der Waals surface area contributed by atoms with Crippen molar-refractivity contribution in [3.05, 3.63) is 109 Å². The second kappa shape index (κ2) is 9.28. The lowest BCUT2D eigenvalue weighted by Gasteiger charge is -2.24. The number of esters is 1. The molecule has 1 unspecified atom stereocenters. The number of thiazole rings is 1. The zero-order valence-electron chi connectivity index (χ0n) is 17.6. The van der Waals surface area contributed by atoms with Crippen LogP contribution in [0.1, 0.15) is 31.0 Å². The summed E-state index contributed by atoms with van der Waals surface area (Å²) in [5.74, 6) is -1.12. The van der Waals surface area contributed by atoms with Gasteiger partial charge in [-0.25, -0.2) is 14.2 Å². The van der Waals surface area contributed by atoms with Crippen LogP contribution in [0.4, 0.5) is 4.39 Å². The summed E-state index contributed by atoms with van der Waals surface area (Å²) < 4.78 is 21.8. The Hall–Kier alpha value is -3.58. The largest absolute Gasteiger partial charge is 0.463 e. The van der Waals surface area contributed by atoms with E-state index in [-0.39, 0.29) is 23.3 Å². The number of aromatic nitrogens is 1. The quantitative estimate of drug-likeness (QED) is 0.561. The standard InChI is InChI=1S/C25H21FN2O3S/c1-3-31-24(30)21-16(2)27-25-28(22(21)18-13-7-8-14-19(18)26)23(29)20(32-25)15-9-12-17-10-5-4-6-11-17/h4-15,22H,3H2,1-2H3/b12-9+,20-15+. The number of ether oxygens (including phenoxy) is 1. The normalized spacial score (nSPS) is 16.2.